The largest absolute Gasteiger partial charge is 0.272 e. The van der Waals surface area contributed by atoms with Crippen LogP contribution in [0.3, 0.4) is 0 Å². The first-order valence-electron chi connectivity index (χ1n) is 6.22. The van der Waals surface area contributed by atoms with Crippen LogP contribution >= 0.6 is 11.6 Å². The number of nitrogens with one attached hydrogen (secondary N) is 1. The number of hydrogen-bond donors (Lipinski definition) is 1. The van der Waals surface area contributed by atoms with E-state index >= 15 is 0 Å². The van der Waals surface area contributed by atoms with Crippen molar-refractivity contribution in [2.24, 2.45) is 0 Å². The normalized spacial score (nSPS) is 11.7. The third-order valence-electron chi connectivity index (χ3n) is 2.74. The zero-order valence-electron chi connectivity index (χ0n) is 11.1. The molecule has 0 atom stereocenters. The van der Waals surface area contributed by atoms with E-state index in [0.29, 0.717) is 24.5 Å². The van der Waals surface area contributed by atoms with Crippen molar-refractivity contribution >= 4 is 21.6 Å². The average molecular weight is 314 g/mol. The molecule has 0 saturated heterocycles. The summed E-state index contributed by atoms with van der Waals surface area (Å²) < 4.78 is 28.3. The summed E-state index contributed by atoms with van der Waals surface area (Å²) in [6.45, 7) is 3.01. The van der Waals surface area contributed by atoms with Crippen molar-refractivity contribution in [3.05, 3.63) is 47.2 Å². The van der Waals surface area contributed by atoms with Gasteiger partial charge in [0.15, 0.2) is 0 Å². The van der Waals surface area contributed by atoms with Crippen LogP contribution in [-0.2, 0) is 16.6 Å². The van der Waals surface area contributed by atoms with Crippen LogP contribution in [0, 0.1) is 6.92 Å². The highest BCUT2D eigenvalue weighted by atomic mass is 35.5. The van der Waals surface area contributed by atoms with Crippen molar-refractivity contribution in [2.45, 2.75) is 24.8 Å². The third kappa shape index (κ3) is 4.06. The van der Waals surface area contributed by atoms with Crippen molar-refractivity contribution in [1.29, 1.82) is 0 Å². The van der Waals surface area contributed by atoms with E-state index in [0.717, 1.165) is 5.56 Å². The molecule has 1 aromatic heterocycles. The lowest BCUT2D eigenvalue weighted by Gasteiger charge is -2.07. The van der Waals surface area contributed by atoms with Crippen molar-refractivity contribution in [3.63, 3.8) is 0 Å². The van der Waals surface area contributed by atoms with Crippen molar-refractivity contribution in [3.8, 4) is 0 Å². The molecule has 20 heavy (non-hydrogen) atoms. The predicted octanol–water partition coefficient (Wildman–Crippen LogP) is 2.21. The van der Waals surface area contributed by atoms with Crippen LogP contribution in [0.4, 0.5) is 0 Å². The fraction of sp³-hybridized carbons (Fsp3) is 0.308. The summed E-state index contributed by atoms with van der Waals surface area (Å²) >= 11 is 5.73. The van der Waals surface area contributed by atoms with Gasteiger partial charge >= 0.3 is 0 Å². The molecule has 7 heteroatoms. The Morgan fingerprint density at radius 3 is 2.60 bits per heavy atom. The van der Waals surface area contributed by atoms with E-state index < -0.39 is 10.0 Å². The molecule has 1 heterocycles. The van der Waals surface area contributed by atoms with E-state index in [4.69, 9.17) is 11.6 Å². The van der Waals surface area contributed by atoms with Gasteiger partial charge in [0.2, 0.25) is 10.0 Å². The van der Waals surface area contributed by atoms with Crippen LogP contribution in [0.25, 0.3) is 0 Å². The topological polar surface area (TPSA) is 64.0 Å². The Hall–Kier alpha value is -1.37. The molecule has 1 aromatic carbocycles. The molecule has 0 aliphatic rings. The first-order chi connectivity index (χ1) is 9.47. The number of nitrogens with zero attached hydrogens (tertiary/aromatic N) is 2. The van der Waals surface area contributed by atoms with Crippen LogP contribution < -0.4 is 4.72 Å². The van der Waals surface area contributed by atoms with Gasteiger partial charge in [-0.15, -0.1) is 0 Å². The molecule has 0 aliphatic carbocycles. The second kappa shape index (κ2) is 6.39. The van der Waals surface area contributed by atoms with Crippen LogP contribution in [-0.4, -0.2) is 24.7 Å². The van der Waals surface area contributed by atoms with Gasteiger partial charge in [-0.1, -0.05) is 11.6 Å². The minimum Gasteiger partial charge on any atom is -0.272 e. The maximum absolute atomic E-state index is 12.0. The Labute approximate surface area is 123 Å². The monoisotopic (exact) mass is 313 g/mol. The number of rotatable bonds is 6. The molecule has 0 radical (unpaired) electrons. The zero-order valence-corrected chi connectivity index (χ0v) is 12.7. The maximum Gasteiger partial charge on any atom is 0.240 e. The lowest BCUT2D eigenvalue weighted by molar-refractivity contribution is 0.553. The van der Waals surface area contributed by atoms with Crippen LogP contribution in [0.15, 0.2) is 41.6 Å². The molecule has 0 saturated carbocycles. The summed E-state index contributed by atoms with van der Waals surface area (Å²) in [6, 6.07) is 6.09. The standard InChI is InChI=1S/C13H16ClN3O2S/c1-11-9-15-17(10-11)8-2-7-16-20(18,19)13-5-3-12(14)4-6-13/h3-6,9-10,16H,2,7-8H2,1H3. The molecule has 0 aliphatic heterocycles. The highest BCUT2D eigenvalue weighted by Gasteiger charge is 2.12. The summed E-state index contributed by atoms with van der Waals surface area (Å²) in [7, 11) is -3.46. The number of aromatic nitrogens is 2. The maximum atomic E-state index is 12.0. The van der Waals surface area contributed by atoms with Gasteiger partial charge in [0, 0.05) is 24.3 Å². The number of halogens is 1. The van der Waals surface area contributed by atoms with E-state index in [1.165, 1.54) is 12.1 Å². The van der Waals surface area contributed by atoms with Crippen LogP contribution in [0.2, 0.25) is 5.02 Å². The van der Waals surface area contributed by atoms with E-state index in [1.807, 2.05) is 13.1 Å². The smallest absolute Gasteiger partial charge is 0.240 e. The Morgan fingerprint density at radius 1 is 1.30 bits per heavy atom. The highest BCUT2D eigenvalue weighted by Crippen LogP contribution is 2.13. The van der Waals surface area contributed by atoms with Gasteiger partial charge in [0.25, 0.3) is 0 Å². The molecule has 2 rings (SSSR count). The summed E-state index contributed by atoms with van der Waals surface area (Å²) in [5.41, 5.74) is 1.09. The van der Waals surface area contributed by atoms with Gasteiger partial charge in [-0.25, -0.2) is 13.1 Å². The Bertz CT molecular complexity index is 665. The fourth-order valence-corrected chi connectivity index (χ4v) is 2.93. The predicted molar refractivity (Wildman–Crippen MR) is 78.2 cm³/mol. The number of hydrogen-bond acceptors (Lipinski definition) is 3. The second-order valence-electron chi connectivity index (χ2n) is 4.49. The van der Waals surface area contributed by atoms with Gasteiger partial charge < -0.3 is 0 Å². The van der Waals surface area contributed by atoms with Gasteiger partial charge in [-0.3, -0.25) is 4.68 Å². The summed E-state index contributed by atoms with van der Waals surface area (Å²) in [6.07, 6.45) is 4.37. The quantitative estimate of drug-likeness (QED) is 0.832. The lowest BCUT2D eigenvalue weighted by atomic mass is 10.4. The van der Waals surface area contributed by atoms with E-state index in [2.05, 4.69) is 9.82 Å². The minimum atomic E-state index is -3.46. The summed E-state index contributed by atoms with van der Waals surface area (Å²) in [5.74, 6) is 0. The lowest BCUT2D eigenvalue weighted by Crippen LogP contribution is -2.25. The van der Waals surface area contributed by atoms with Crippen molar-refractivity contribution < 1.29 is 8.42 Å². The molecule has 0 spiro atoms. The molecule has 0 amide bonds. The molecule has 2 aromatic rings. The number of aryl methyl sites for hydroxylation is 2. The number of benzene rings is 1. The van der Waals surface area contributed by atoms with Gasteiger partial charge in [-0.2, -0.15) is 5.10 Å². The minimum absolute atomic E-state index is 0.219. The third-order valence-corrected chi connectivity index (χ3v) is 4.47. The zero-order chi connectivity index (χ0) is 14.6. The Balaban J connectivity index is 1.85. The average Bonchev–Trinajstić information content (AvgIpc) is 2.81. The number of sulfonamides is 1. The first kappa shape index (κ1) is 15.0. The Kier molecular flexibility index (Phi) is 4.80. The van der Waals surface area contributed by atoms with E-state index in [9.17, 15) is 8.42 Å². The van der Waals surface area contributed by atoms with Crippen LogP contribution in [0.1, 0.15) is 12.0 Å². The van der Waals surface area contributed by atoms with Crippen LogP contribution in [0.5, 0.6) is 0 Å². The molecular formula is C13H16ClN3O2S. The van der Waals surface area contributed by atoms with Crippen molar-refractivity contribution in [1.82, 2.24) is 14.5 Å². The summed E-state index contributed by atoms with van der Waals surface area (Å²) in [4.78, 5) is 0.219. The van der Waals surface area contributed by atoms with Crippen molar-refractivity contribution in [2.75, 3.05) is 6.54 Å². The van der Waals surface area contributed by atoms with E-state index in [-0.39, 0.29) is 4.90 Å². The Morgan fingerprint density at radius 2 is 2.00 bits per heavy atom. The summed E-state index contributed by atoms with van der Waals surface area (Å²) in [5, 5.41) is 4.65. The fourth-order valence-electron chi connectivity index (χ4n) is 1.73. The van der Waals surface area contributed by atoms with Gasteiger partial charge in [-0.05, 0) is 43.2 Å². The molecule has 1 N–H and O–H groups in total. The van der Waals surface area contributed by atoms with Gasteiger partial charge in [0.05, 0.1) is 11.1 Å². The first-order valence-corrected chi connectivity index (χ1v) is 8.08. The molecule has 5 nitrogen and oxygen atoms in total. The molecule has 0 bridgehead atoms. The SMILES string of the molecule is Cc1cnn(CCCNS(=O)(=O)c2ccc(Cl)cc2)c1. The van der Waals surface area contributed by atoms with Gasteiger partial charge in [0.1, 0.15) is 0 Å². The molecule has 0 unspecified atom stereocenters. The highest BCUT2D eigenvalue weighted by molar-refractivity contribution is 7.89. The molecule has 0 fully saturated rings. The second-order valence-corrected chi connectivity index (χ2v) is 6.69. The molecule has 108 valence electrons. The van der Waals surface area contributed by atoms with E-state index in [1.54, 1.807) is 23.0 Å². The molecular weight excluding hydrogens is 298 g/mol.